The first kappa shape index (κ1) is 13.1. The summed E-state index contributed by atoms with van der Waals surface area (Å²) < 4.78 is 1.93. The zero-order chi connectivity index (χ0) is 13.1. The van der Waals surface area contributed by atoms with Crippen molar-refractivity contribution in [2.24, 2.45) is 0 Å². The Hall–Kier alpha value is -1.32. The van der Waals surface area contributed by atoms with Gasteiger partial charge in [0, 0.05) is 29.5 Å². The molecular weight excluding hydrogens is 271 g/mol. The molecule has 0 N–H and O–H groups in total. The molecule has 1 aromatic carbocycles. The summed E-state index contributed by atoms with van der Waals surface area (Å²) in [5.74, 6) is 0.655. The number of carbonyl (C=O) groups is 1. The Balaban J connectivity index is 2.25. The maximum absolute atomic E-state index is 12.2. The molecule has 0 fully saturated rings. The number of nitrogens with zero attached hydrogens (tertiary/aromatic N) is 2. The standard InChI is InChI=1S/C13H12Cl2N2O/c1-2-17-6-5-16-13(17)8-12(18)10-7-9(14)3-4-11(10)15/h3-7H,2,8H2,1H3. The van der Waals surface area contributed by atoms with Gasteiger partial charge >= 0.3 is 0 Å². The molecule has 0 saturated heterocycles. The summed E-state index contributed by atoms with van der Waals surface area (Å²) in [6.07, 6.45) is 3.76. The van der Waals surface area contributed by atoms with Crippen molar-refractivity contribution in [1.29, 1.82) is 0 Å². The smallest absolute Gasteiger partial charge is 0.171 e. The zero-order valence-corrected chi connectivity index (χ0v) is 11.4. The molecule has 0 aliphatic rings. The lowest BCUT2D eigenvalue weighted by molar-refractivity contribution is 0.0990. The molecule has 0 radical (unpaired) electrons. The molecule has 2 rings (SSSR count). The van der Waals surface area contributed by atoms with E-state index in [0.717, 1.165) is 12.4 Å². The fourth-order valence-corrected chi connectivity index (χ4v) is 2.14. The highest BCUT2D eigenvalue weighted by Gasteiger charge is 2.14. The second kappa shape index (κ2) is 5.55. The van der Waals surface area contributed by atoms with Crippen molar-refractivity contribution < 1.29 is 4.79 Å². The van der Waals surface area contributed by atoms with E-state index >= 15 is 0 Å². The molecule has 1 aromatic heterocycles. The van der Waals surface area contributed by atoms with Gasteiger partial charge in [0.2, 0.25) is 0 Å². The number of imidazole rings is 1. The lowest BCUT2D eigenvalue weighted by atomic mass is 10.1. The zero-order valence-electron chi connectivity index (χ0n) is 9.86. The maximum atomic E-state index is 12.2. The predicted molar refractivity (Wildman–Crippen MR) is 72.4 cm³/mol. The van der Waals surface area contributed by atoms with Crippen LogP contribution in [0.15, 0.2) is 30.6 Å². The number of carbonyl (C=O) groups excluding carboxylic acids is 1. The molecule has 3 nitrogen and oxygen atoms in total. The molecule has 5 heteroatoms. The van der Waals surface area contributed by atoms with E-state index in [2.05, 4.69) is 4.98 Å². The normalized spacial score (nSPS) is 10.6. The predicted octanol–water partition coefficient (Wildman–Crippen LogP) is 3.64. The number of rotatable bonds is 4. The lowest BCUT2D eigenvalue weighted by Crippen LogP contribution is -2.10. The molecule has 0 saturated carbocycles. The molecule has 0 aliphatic heterocycles. The van der Waals surface area contributed by atoms with Gasteiger partial charge in [-0.05, 0) is 25.1 Å². The van der Waals surface area contributed by atoms with Crippen LogP contribution >= 0.6 is 23.2 Å². The van der Waals surface area contributed by atoms with Crippen LogP contribution in [-0.2, 0) is 13.0 Å². The summed E-state index contributed by atoms with van der Waals surface area (Å²) in [4.78, 5) is 16.3. The van der Waals surface area contributed by atoms with Gasteiger partial charge in [0.15, 0.2) is 5.78 Å². The van der Waals surface area contributed by atoms with Crippen LogP contribution in [0.3, 0.4) is 0 Å². The minimum absolute atomic E-state index is 0.0802. The van der Waals surface area contributed by atoms with Gasteiger partial charge in [-0.1, -0.05) is 23.2 Å². The van der Waals surface area contributed by atoms with Gasteiger partial charge in [-0.2, -0.15) is 0 Å². The minimum Gasteiger partial charge on any atom is -0.335 e. The molecular formula is C13H12Cl2N2O. The van der Waals surface area contributed by atoms with Crippen molar-refractivity contribution >= 4 is 29.0 Å². The van der Waals surface area contributed by atoms with Crippen molar-refractivity contribution in [3.05, 3.63) is 52.0 Å². The molecule has 94 valence electrons. The molecule has 0 unspecified atom stereocenters. The first-order valence-corrected chi connectivity index (χ1v) is 6.35. The van der Waals surface area contributed by atoms with E-state index in [-0.39, 0.29) is 12.2 Å². The Labute approximate surface area is 115 Å². The van der Waals surface area contributed by atoms with Crippen molar-refractivity contribution in [2.75, 3.05) is 0 Å². The van der Waals surface area contributed by atoms with Gasteiger partial charge in [0.05, 0.1) is 11.4 Å². The highest BCUT2D eigenvalue weighted by atomic mass is 35.5. The third-order valence-corrected chi connectivity index (χ3v) is 3.25. The third-order valence-electron chi connectivity index (χ3n) is 2.69. The van der Waals surface area contributed by atoms with Gasteiger partial charge in [-0.3, -0.25) is 4.79 Å². The number of halogens is 2. The molecule has 18 heavy (non-hydrogen) atoms. The summed E-state index contributed by atoms with van der Waals surface area (Å²) in [6.45, 7) is 2.79. The average molecular weight is 283 g/mol. The van der Waals surface area contributed by atoms with Crippen LogP contribution in [0, 0.1) is 0 Å². The topological polar surface area (TPSA) is 34.9 Å². The van der Waals surface area contributed by atoms with Crippen LogP contribution in [0.1, 0.15) is 23.1 Å². The second-order valence-corrected chi connectivity index (χ2v) is 4.70. The van der Waals surface area contributed by atoms with Crippen LogP contribution in [0.5, 0.6) is 0 Å². The van der Waals surface area contributed by atoms with E-state index in [4.69, 9.17) is 23.2 Å². The number of ketones is 1. The molecule has 0 spiro atoms. The molecule has 2 aromatic rings. The number of benzene rings is 1. The fraction of sp³-hybridized carbons (Fsp3) is 0.231. The van der Waals surface area contributed by atoms with Crippen LogP contribution in [0.4, 0.5) is 0 Å². The number of Topliss-reactive ketones (excluding diaryl/α,β-unsaturated/α-hetero) is 1. The summed E-state index contributed by atoms with van der Waals surface area (Å²) in [5.41, 5.74) is 0.440. The Morgan fingerprint density at radius 2 is 2.17 bits per heavy atom. The van der Waals surface area contributed by atoms with Gasteiger partial charge < -0.3 is 4.57 Å². The Morgan fingerprint density at radius 1 is 1.39 bits per heavy atom. The second-order valence-electron chi connectivity index (χ2n) is 3.85. The van der Waals surface area contributed by atoms with Crippen LogP contribution in [0.25, 0.3) is 0 Å². The molecule has 0 amide bonds. The lowest BCUT2D eigenvalue weighted by Gasteiger charge is -2.06. The van der Waals surface area contributed by atoms with E-state index in [1.165, 1.54) is 0 Å². The molecule has 0 aliphatic carbocycles. The van der Waals surface area contributed by atoms with Gasteiger partial charge in [0.25, 0.3) is 0 Å². The van der Waals surface area contributed by atoms with E-state index < -0.39 is 0 Å². The van der Waals surface area contributed by atoms with Gasteiger partial charge in [-0.25, -0.2) is 4.98 Å². The number of hydrogen-bond donors (Lipinski definition) is 0. The van der Waals surface area contributed by atoms with Crippen molar-refractivity contribution in [1.82, 2.24) is 9.55 Å². The third kappa shape index (κ3) is 2.74. The number of hydrogen-bond acceptors (Lipinski definition) is 2. The molecule has 0 atom stereocenters. The molecule has 1 heterocycles. The van der Waals surface area contributed by atoms with Crippen LogP contribution in [-0.4, -0.2) is 15.3 Å². The highest BCUT2D eigenvalue weighted by Crippen LogP contribution is 2.22. The first-order valence-electron chi connectivity index (χ1n) is 5.60. The average Bonchev–Trinajstić information content (AvgIpc) is 2.79. The fourth-order valence-electron chi connectivity index (χ4n) is 1.75. The summed E-state index contributed by atoms with van der Waals surface area (Å²) in [7, 11) is 0. The van der Waals surface area contributed by atoms with E-state index in [0.29, 0.717) is 15.6 Å². The highest BCUT2D eigenvalue weighted by molar-refractivity contribution is 6.35. The number of aryl methyl sites for hydroxylation is 1. The maximum Gasteiger partial charge on any atom is 0.171 e. The van der Waals surface area contributed by atoms with Gasteiger partial charge in [-0.15, -0.1) is 0 Å². The van der Waals surface area contributed by atoms with E-state index in [1.54, 1.807) is 24.4 Å². The Bertz CT molecular complexity index is 578. The van der Waals surface area contributed by atoms with E-state index in [1.807, 2.05) is 17.7 Å². The number of aromatic nitrogens is 2. The molecule has 0 bridgehead atoms. The van der Waals surface area contributed by atoms with Crippen LogP contribution in [0.2, 0.25) is 10.0 Å². The first-order chi connectivity index (χ1) is 8.61. The largest absolute Gasteiger partial charge is 0.335 e. The Morgan fingerprint density at radius 3 is 2.89 bits per heavy atom. The Kier molecular flexibility index (Phi) is 4.04. The monoisotopic (exact) mass is 282 g/mol. The van der Waals surface area contributed by atoms with Crippen molar-refractivity contribution in [3.63, 3.8) is 0 Å². The summed E-state index contributed by atoms with van der Waals surface area (Å²) >= 11 is 11.9. The van der Waals surface area contributed by atoms with E-state index in [9.17, 15) is 4.79 Å². The SMILES string of the molecule is CCn1ccnc1CC(=O)c1cc(Cl)ccc1Cl. The summed E-state index contributed by atoms with van der Waals surface area (Å²) in [5, 5.41) is 0.917. The van der Waals surface area contributed by atoms with Crippen molar-refractivity contribution in [3.8, 4) is 0 Å². The van der Waals surface area contributed by atoms with Crippen LogP contribution < -0.4 is 0 Å². The van der Waals surface area contributed by atoms with Gasteiger partial charge in [0.1, 0.15) is 5.82 Å². The van der Waals surface area contributed by atoms with Crippen molar-refractivity contribution in [2.45, 2.75) is 19.9 Å². The minimum atomic E-state index is -0.0802. The quantitative estimate of drug-likeness (QED) is 0.803. The summed E-state index contributed by atoms with van der Waals surface area (Å²) in [6, 6.07) is 4.88.